The van der Waals surface area contributed by atoms with Crippen LogP contribution in [-0.4, -0.2) is 56.3 Å². The van der Waals surface area contributed by atoms with E-state index in [4.69, 9.17) is 11.6 Å². The molecule has 0 unspecified atom stereocenters. The molecular formula is C23H28ClN3O3S. The first-order valence-corrected chi connectivity index (χ1v) is 12.5. The second-order valence-electron chi connectivity index (χ2n) is 8.45. The molecule has 8 heteroatoms. The Balaban J connectivity index is 1.35. The van der Waals surface area contributed by atoms with Gasteiger partial charge >= 0.3 is 0 Å². The number of sulfonamides is 1. The number of carbonyl (C=O) groups excluding carboxylic acids is 1. The standard InChI is InChI=1S/C23H28ClN3O3S/c1-16-12-17(2)23(21(24)13-16)25-22(28)15-26-8-10-27(11-9-26)31(29,30)20-7-6-18-4-3-5-19(18)14-20/h6-7,12-14H,3-5,8-11,15H2,1-2H3,(H,25,28). The molecule has 166 valence electrons. The average Bonchev–Trinajstić information content (AvgIpc) is 3.19. The third-order valence-corrected chi connectivity index (χ3v) is 8.30. The summed E-state index contributed by atoms with van der Waals surface area (Å²) < 4.78 is 27.7. The molecule has 31 heavy (non-hydrogen) atoms. The summed E-state index contributed by atoms with van der Waals surface area (Å²) in [5, 5.41) is 3.42. The van der Waals surface area contributed by atoms with Gasteiger partial charge in [0.2, 0.25) is 15.9 Å². The van der Waals surface area contributed by atoms with Gasteiger partial charge in [-0.05, 0) is 73.6 Å². The number of hydrogen-bond acceptors (Lipinski definition) is 4. The van der Waals surface area contributed by atoms with Crippen molar-refractivity contribution < 1.29 is 13.2 Å². The highest BCUT2D eigenvalue weighted by atomic mass is 35.5. The summed E-state index contributed by atoms with van der Waals surface area (Å²) >= 11 is 6.28. The van der Waals surface area contributed by atoms with Gasteiger partial charge in [0, 0.05) is 26.2 Å². The van der Waals surface area contributed by atoms with E-state index in [0.717, 1.165) is 36.0 Å². The van der Waals surface area contributed by atoms with Gasteiger partial charge in [-0.2, -0.15) is 4.31 Å². The SMILES string of the molecule is Cc1cc(C)c(NC(=O)CN2CCN(S(=O)(=O)c3ccc4c(c3)CCC4)CC2)c(Cl)c1. The number of amides is 1. The normalized spacial score (nSPS) is 17.5. The van der Waals surface area contributed by atoms with Crippen LogP contribution in [0.5, 0.6) is 0 Å². The van der Waals surface area contributed by atoms with Crippen LogP contribution in [-0.2, 0) is 27.7 Å². The lowest BCUT2D eigenvalue weighted by Gasteiger charge is -2.33. The van der Waals surface area contributed by atoms with Gasteiger partial charge in [-0.25, -0.2) is 8.42 Å². The maximum atomic E-state index is 13.1. The zero-order valence-corrected chi connectivity index (χ0v) is 19.5. The van der Waals surface area contributed by atoms with E-state index in [1.54, 1.807) is 6.07 Å². The predicted octanol–water partition coefficient (Wildman–Crippen LogP) is 3.39. The number of rotatable bonds is 5. The molecule has 1 fully saturated rings. The van der Waals surface area contributed by atoms with E-state index in [1.807, 2.05) is 43.0 Å². The molecule has 2 aromatic carbocycles. The Kier molecular flexibility index (Phi) is 6.40. The molecule has 1 saturated heterocycles. The highest BCUT2D eigenvalue weighted by Gasteiger charge is 2.30. The second-order valence-corrected chi connectivity index (χ2v) is 10.8. The van der Waals surface area contributed by atoms with Crippen LogP contribution in [0.3, 0.4) is 0 Å². The highest BCUT2D eigenvalue weighted by molar-refractivity contribution is 7.89. The number of piperazine rings is 1. The topological polar surface area (TPSA) is 69.7 Å². The summed E-state index contributed by atoms with van der Waals surface area (Å²) in [5.74, 6) is -0.149. The summed E-state index contributed by atoms with van der Waals surface area (Å²) in [6.45, 7) is 5.85. The minimum absolute atomic E-state index is 0.149. The number of carbonyl (C=O) groups is 1. The fourth-order valence-electron chi connectivity index (χ4n) is 4.44. The van der Waals surface area contributed by atoms with Crippen molar-refractivity contribution in [3.05, 3.63) is 57.6 Å². The van der Waals surface area contributed by atoms with Crippen molar-refractivity contribution in [2.24, 2.45) is 0 Å². The first-order chi connectivity index (χ1) is 14.7. The Bertz CT molecular complexity index is 1090. The average molecular weight is 462 g/mol. The number of aryl methyl sites for hydroxylation is 4. The molecule has 0 aromatic heterocycles. The van der Waals surface area contributed by atoms with E-state index in [0.29, 0.717) is 41.8 Å². The van der Waals surface area contributed by atoms with Gasteiger partial charge < -0.3 is 5.32 Å². The monoisotopic (exact) mass is 461 g/mol. The molecule has 1 N–H and O–H groups in total. The third-order valence-electron chi connectivity index (χ3n) is 6.10. The third kappa shape index (κ3) is 4.80. The molecule has 0 spiro atoms. The summed E-state index contributed by atoms with van der Waals surface area (Å²) in [6.07, 6.45) is 3.07. The summed E-state index contributed by atoms with van der Waals surface area (Å²) in [4.78, 5) is 14.9. The first-order valence-electron chi connectivity index (χ1n) is 10.6. The van der Waals surface area contributed by atoms with E-state index in [1.165, 1.54) is 9.87 Å². The van der Waals surface area contributed by atoms with Crippen LogP contribution in [0.15, 0.2) is 35.2 Å². The lowest BCUT2D eigenvalue weighted by Crippen LogP contribution is -2.50. The Hall–Kier alpha value is -1.93. The Morgan fingerprint density at radius 2 is 1.74 bits per heavy atom. The van der Waals surface area contributed by atoms with Gasteiger partial charge in [0.25, 0.3) is 0 Å². The smallest absolute Gasteiger partial charge is 0.243 e. The number of fused-ring (bicyclic) bond motifs is 1. The minimum Gasteiger partial charge on any atom is -0.323 e. The zero-order chi connectivity index (χ0) is 22.2. The van der Waals surface area contributed by atoms with Crippen LogP contribution >= 0.6 is 11.6 Å². The molecule has 1 heterocycles. The van der Waals surface area contributed by atoms with Crippen molar-refractivity contribution in [1.82, 2.24) is 9.21 Å². The van der Waals surface area contributed by atoms with Crippen LogP contribution in [0.25, 0.3) is 0 Å². The summed E-state index contributed by atoms with van der Waals surface area (Å²) in [5.41, 5.74) is 5.01. The molecule has 6 nitrogen and oxygen atoms in total. The van der Waals surface area contributed by atoms with Crippen molar-refractivity contribution in [2.45, 2.75) is 38.0 Å². The maximum Gasteiger partial charge on any atom is 0.243 e. The molecule has 0 bridgehead atoms. The number of hydrogen-bond donors (Lipinski definition) is 1. The predicted molar refractivity (Wildman–Crippen MR) is 123 cm³/mol. The highest BCUT2D eigenvalue weighted by Crippen LogP contribution is 2.28. The maximum absolute atomic E-state index is 13.1. The van der Waals surface area contributed by atoms with Gasteiger partial charge in [0.05, 0.1) is 22.2 Å². The summed E-state index contributed by atoms with van der Waals surface area (Å²) in [6, 6.07) is 9.32. The number of nitrogens with zero attached hydrogens (tertiary/aromatic N) is 2. The number of halogens is 1. The lowest BCUT2D eigenvalue weighted by molar-refractivity contribution is -0.117. The van der Waals surface area contributed by atoms with Gasteiger partial charge in [-0.1, -0.05) is 23.7 Å². The molecule has 2 aromatic rings. The second kappa shape index (κ2) is 8.90. The van der Waals surface area contributed by atoms with Crippen LogP contribution in [0.2, 0.25) is 5.02 Å². The van der Waals surface area contributed by atoms with E-state index in [9.17, 15) is 13.2 Å². The van der Waals surface area contributed by atoms with Crippen molar-refractivity contribution in [3.63, 3.8) is 0 Å². The lowest BCUT2D eigenvalue weighted by atomic mass is 10.1. The molecule has 0 radical (unpaired) electrons. The minimum atomic E-state index is -3.51. The van der Waals surface area contributed by atoms with Crippen molar-refractivity contribution in [1.29, 1.82) is 0 Å². The van der Waals surface area contributed by atoms with Gasteiger partial charge in [0.15, 0.2) is 0 Å². The van der Waals surface area contributed by atoms with E-state index in [2.05, 4.69) is 5.32 Å². The Labute approximate surface area is 189 Å². The zero-order valence-electron chi connectivity index (χ0n) is 17.9. The molecule has 4 rings (SSSR count). The van der Waals surface area contributed by atoms with Gasteiger partial charge in [0.1, 0.15) is 0 Å². The Morgan fingerprint density at radius 3 is 2.45 bits per heavy atom. The van der Waals surface area contributed by atoms with Crippen LogP contribution in [0, 0.1) is 13.8 Å². The number of benzene rings is 2. The molecule has 1 aliphatic carbocycles. The van der Waals surface area contributed by atoms with E-state index >= 15 is 0 Å². The van der Waals surface area contributed by atoms with Gasteiger partial charge in [-0.15, -0.1) is 0 Å². The van der Waals surface area contributed by atoms with Crippen LogP contribution < -0.4 is 5.32 Å². The molecule has 0 atom stereocenters. The molecule has 2 aliphatic rings. The molecule has 1 aliphatic heterocycles. The van der Waals surface area contributed by atoms with Gasteiger partial charge in [-0.3, -0.25) is 9.69 Å². The fraction of sp³-hybridized carbons (Fsp3) is 0.435. The van der Waals surface area contributed by atoms with Crippen molar-refractivity contribution in [2.75, 3.05) is 38.0 Å². The number of nitrogens with one attached hydrogen (secondary N) is 1. The quantitative estimate of drug-likeness (QED) is 0.741. The Morgan fingerprint density at radius 1 is 1.03 bits per heavy atom. The molecule has 0 saturated carbocycles. The number of anilines is 1. The molecular weight excluding hydrogens is 434 g/mol. The fourth-order valence-corrected chi connectivity index (χ4v) is 6.28. The van der Waals surface area contributed by atoms with Crippen LogP contribution in [0.1, 0.15) is 28.7 Å². The van der Waals surface area contributed by atoms with Crippen molar-refractivity contribution in [3.8, 4) is 0 Å². The van der Waals surface area contributed by atoms with Crippen molar-refractivity contribution >= 4 is 33.2 Å². The largest absolute Gasteiger partial charge is 0.323 e. The van der Waals surface area contributed by atoms with E-state index < -0.39 is 10.0 Å². The van der Waals surface area contributed by atoms with Crippen LogP contribution in [0.4, 0.5) is 5.69 Å². The van der Waals surface area contributed by atoms with E-state index in [-0.39, 0.29) is 12.5 Å². The summed E-state index contributed by atoms with van der Waals surface area (Å²) in [7, 11) is -3.51. The molecule has 1 amide bonds. The first kappa shape index (κ1) is 22.3.